The molecule has 0 saturated heterocycles. The van der Waals surface area contributed by atoms with E-state index >= 15 is 0 Å². The van der Waals surface area contributed by atoms with E-state index in [2.05, 4.69) is 15.3 Å². The quantitative estimate of drug-likeness (QED) is 0.703. The van der Waals surface area contributed by atoms with Crippen LogP contribution < -0.4 is 14.8 Å². The number of carbonyl (C=O) groups excluding carboxylic acids is 1. The molecule has 0 fully saturated rings. The maximum atomic E-state index is 13.9. The molecule has 0 aliphatic carbocycles. The summed E-state index contributed by atoms with van der Waals surface area (Å²) in [6.07, 6.45) is 3.63. The maximum absolute atomic E-state index is 13.9. The van der Waals surface area contributed by atoms with Crippen molar-refractivity contribution in [3.05, 3.63) is 72.4 Å². The molecule has 0 aliphatic heterocycles. The van der Waals surface area contributed by atoms with Crippen molar-refractivity contribution in [2.75, 3.05) is 5.32 Å². The standard InChI is InChI=1S/C20H15FN4O3/c1-13(20(26)25-19-12-23-8-9-24-19)27-15-3-5-16(6-4-15)28-18-7-2-14(11-22)10-17(18)21/h2-10,12-13H,1H3,(H,24,25,26)/t13-/m1/s1. The van der Waals surface area contributed by atoms with Gasteiger partial charge in [0.1, 0.15) is 11.5 Å². The fourth-order valence-corrected chi connectivity index (χ4v) is 2.22. The molecule has 1 amide bonds. The molecule has 0 unspecified atom stereocenters. The first-order chi connectivity index (χ1) is 13.5. The molecule has 2 aromatic carbocycles. The second-order valence-electron chi connectivity index (χ2n) is 5.67. The largest absolute Gasteiger partial charge is 0.481 e. The second-order valence-corrected chi connectivity index (χ2v) is 5.67. The lowest BCUT2D eigenvalue weighted by molar-refractivity contribution is -0.122. The molecule has 1 heterocycles. The summed E-state index contributed by atoms with van der Waals surface area (Å²) in [6, 6.07) is 12.2. The summed E-state index contributed by atoms with van der Waals surface area (Å²) in [6.45, 7) is 1.60. The number of benzene rings is 2. The minimum absolute atomic E-state index is 0.00406. The molecule has 0 aliphatic rings. The highest BCUT2D eigenvalue weighted by molar-refractivity contribution is 5.93. The Balaban J connectivity index is 1.59. The lowest BCUT2D eigenvalue weighted by Gasteiger charge is -2.14. The van der Waals surface area contributed by atoms with E-state index in [0.29, 0.717) is 17.3 Å². The van der Waals surface area contributed by atoms with Crippen molar-refractivity contribution in [3.8, 4) is 23.3 Å². The molecule has 1 N–H and O–H groups in total. The Morgan fingerprint density at radius 3 is 2.57 bits per heavy atom. The lowest BCUT2D eigenvalue weighted by Crippen LogP contribution is -2.30. The summed E-state index contributed by atoms with van der Waals surface area (Å²) in [4.78, 5) is 20.0. The number of rotatable bonds is 6. The Hall–Kier alpha value is -3.99. The third-order valence-electron chi connectivity index (χ3n) is 3.61. The van der Waals surface area contributed by atoms with Crippen LogP contribution in [0.1, 0.15) is 12.5 Å². The summed E-state index contributed by atoms with van der Waals surface area (Å²) in [7, 11) is 0. The van der Waals surface area contributed by atoms with Crippen molar-refractivity contribution in [1.29, 1.82) is 5.26 Å². The third-order valence-corrected chi connectivity index (χ3v) is 3.61. The average molecular weight is 378 g/mol. The predicted octanol–water partition coefficient (Wildman–Crippen LogP) is 3.69. The third kappa shape index (κ3) is 4.80. The molecule has 0 radical (unpaired) electrons. The minimum Gasteiger partial charge on any atom is -0.481 e. The zero-order chi connectivity index (χ0) is 19.9. The van der Waals surface area contributed by atoms with Gasteiger partial charge in [0, 0.05) is 12.4 Å². The van der Waals surface area contributed by atoms with Gasteiger partial charge in [-0.3, -0.25) is 9.78 Å². The highest BCUT2D eigenvalue weighted by Gasteiger charge is 2.15. The summed E-state index contributed by atoms with van der Waals surface area (Å²) in [5, 5.41) is 11.4. The topological polar surface area (TPSA) is 97.1 Å². The summed E-state index contributed by atoms with van der Waals surface area (Å²) < 4.78 is 24.9. The van der Waals surface area contributed by atoms with Crippen molar-refractivity contribution >= 4 is 11.7 Å². The van der Waals surface area contributed by atoms with Crippen LogP contribution in [0.5, 0.6) is 17.2 Å². The number of aromatic nitrogens is 2. The van der Waals surface area contributed by atoms with Crippen LogP contribution in [0, 0.1) is 17.1 Å². The van der Waals surface area contributed by atoms with Crippen molar-refractivity contribution < 1.29 is 18.7 Å². The number of nitrogens with one attached hydrogen (secondary N) is 1. The van der Waals surface area contributed by atoms with Gasteiger partial charge >= 0.3 is 0 Å². The monoisotopic (exact) mass is 378 g/mol. The summed E-state index contributed by atoms with van der Waals surface area (Å²) in [5.41, 5.74) is 0.211. The van der Waals surface area contributed by atoms with Crippen LogP contribution in [-0.2, 0) is 4.79 Å². The Kier molecular flexibility index (Phi) is 5.77. The van der Waals surface area contributed by atoms with Crippen LogP contribution in [0.2, 0.25) is 0 Å². The Bertz CT molecular complexity index is 1000. The van der Waals surface area contributed by atoms with E-state index < -0.39 is 11.9 Å². The first-order valence-electron chi connectivity index (χ1n) is 8.26. The second kappa shape index (κ2) is 8.60. The van der Waals surface area contributed by atoms with Crippen molar-refractivity contribution in [2.45, 2.75) is 13.0 Å². The first kappa shape index (κ1) is 18.8. The van der Waals surface area contributed by atoms with Crippen molar-refractivity contribution in [2.24, 2.45) is 0 Å². The van der Waals surface area contributed by atoms with Gasteiger partial charge in [-0.1, -0.05) is 0 Å². The van der Waals surface area contributed by atoms with Crippen LogP contribution in [0.3, 0.4) is 0 Å². The van der Waals surface area contributed by atoms with Gasteiger partial charge in [0.15, 0.2) is 23.5 Å². The number of ether oxygens (including phenoxy) is 2. The van der Waals surface area contributed by atoms with Crippen LogP contribution in [0.15, 0.2) is 61.1 Å². The molecule has 1 aromatic heterocycles. The Morgan fingerprint density at radius 2 is 1.93 bits per heavy atom. The number of hydrogen-bond acceptors (Lipinski definition) is 6. The highest BCUT2D eigenvalue weighted by Crippen LogP contribution is 2.27. The Morgan fingerprint density at radius 1 is 1.18 bits per heavy atom. The number of nitriles is 1. The maximum Gasteiger partial charge on any atom is 0.266 e. The van der Waals surface area contributed by atoms with Crippen LogP contribution in [0.4, 0.5) is 10.2 Å². The van der Waals surface area contributed by atoms with Gasteiger partial charge in [0.05, 0.1) is 17.8 Å². The molecule has 0 bridgehead atoms. The van der Waals surface area contributed by atoms with Gasteiger partial charge in [-0.15, -0.1) is 0 Å². The van der Waals surface area contributed by atoms with Gasteiger partial charge in [0.2, 0.25) is 0 Å². The van der Waals surface area contributed by atoms with E-state index in [4.69, 9.17) is 14.7 Å². The van der Waals surface area contributed by atoms with Crippen molar-refractivity contribution in [1.82, 2.24) is 9.97 Å². The van der Waals surface area contributed by atoms with Gasteiger partial charge in [-0.05, 0) is 49.4 Å². The smallest absolute Gasteiger partial charge is 0.266 e. The number of amides is 1. The van der Waals surface area contributed by atoms with E-state index in [1.165, 1.54) is 30.7 Å². The number of carbonyl (C=O) groups is 1. The van der Waals surface area contributed by atoms with Crippen LogP contribution in [0.25, 0.3) is 0 Å². The van der Waals surface area contributed by atoms with Gasteiger partial charge in [0.25, 0.3) is 5.91 Å². The molecule has 3 rings (SSSR count). The van der Waals surface area contributed by atoms with Gasteiger partial charge in [-0.2, -0.15) is 5.26 Å². The number of nitrogens with zero attached hydrogens (tertiary/aromatic N) is 3. The SMILES string of the molecule is C[C@@H](Oc1ccc(Oc2ccc(C#N)cc2F)cc1)C(=O)Nc1cnccn1. The van der Waals surface area contributed by atoms with E-state index in [1.807, 2.05) is 6.07 Å². The Labute approximate surface area is 160 Å². The summed E-state index contributed by atoms with van der Waals surface area (Å²) >= 11 is 0. The normalized spacial score (nSPS) is 11.2. The molecular weight excluding hydrogens is 363 g/mol. The fraction of sp³-hybridized carbons (Fsp3) is 0.100. The molecule has 28 heavy (non-hydrogen) atoms. The fourth-order valence-electron chi connectivity index (χ4n) is 2.22. The molecule has 3 aromatic rings. The summed E-state index contributed by atoms with van der Waals surface area (Å²) in [5.74, 6) is 0.150. The van der Waals surface area contributed by atoms with E-state index in [9.17, 15) is 9.18 Å². The van der Waals surface area contributed by atoms with E-state index in [1.54, 1.807) is 31.2 Å². The zero-order valence-electron chi connectivity index (χ0n) is 14.8. The number of anilines is 1. The van der Waals surface area contributed by atoms with Crippen molar-refractivity contribution in [3.63, 3.8) is 0 Å². The highest BCUT2D eigenvalue weighted by atomic mass is 19.1. The average Bonchev–Trinajstić information content (AvgIpc) is 2.71. The van der Waals surface area contributed by atoms with Gasteiger partial charge in [-0.25, -0.2) is 9.37 Å². The molecule has 1 atom stereocenters. The zero-order valence-corrected chi connectivity index (χ0v) is 14.8. The molecule has 8 heteroatoms. The molecular formula is C20H15FN4O3. The van der Waals surface area contributed by atoms with E-state index in [-0.39, 0.29) is 17.2 Å². The number of halogens is 1. The van der Waals surface area contributed by atoms with Crippen LogP contribution >= 0.6 is 0 Å². The first-order valence-corrected chi connectivity index (χ1v) is 8.26. The van der Waals surface area contributed by atoms with Crippen LogP contribution in [-0.4, -0.2) is 22.0 Å². The van der Waals surface area contributed by atoms with E-state index in [0.717, 1.165) is 6.07 Å². The molecule has 7 nitrogen and oxygen atoms in total. The molecule has 140 valence electrons. The minimum atomic E-state index is -0.773. The lowest BCUT2D eigenvalue weighted by atomic mass is 10.2. The molecule has 0 spiro atoms. The molecule has 0 saturated carbocycles. The predicted molar refractivity (Wildman–Crippen MR) is 98.4 cm³/mol. The van der Waals surface area contributed by atoms with Gasteiger partial charge < -0.3 is 14.8 Å². The number of hydrogen-bond donors (Lipinski definition) is 1.